The summed E-state index contributed by atoms with van der Waals surface area (Å²) in [5, 5.41) is 4.71. The van der Waals surface area contributed by atoms with Gasteiger partial charge in [0.25, 0.3) is 0 Å². The molecular formula is C24H22BrClN2O3. The van der Waals surface area contributed by atoms with E-state index in [1.807, 2.05) is 73.7 Å². The zero-order valence-electron chi connectivity index (χ0n) is 17.0. The minimum Gasteiger partial charge on any atom is -0.490 e. The molecule has 3 aromatic rings. The molecule has 5 nitrogen and oxygen atoms in total. The van der Waals surface area contributed by atoms with Gasteiger partial charge in [0, 0.05) is 20.6 Å². The largest absolute Gasteiger partial charge is 0.490 e. The molecule has 0 aliphatic heterocycles. The Labute approximate surface area is 195 Å². The van der Waals surface area contributed by atoms with Crippen LogP contribution in [0.25, 0.3) is 0 Å². The number of benzene rings is 3. The molecule has 0 fully saturated rings. The van der Waals surface area contributed by atoms with Gasteiger partial charge in [0.15, 0.2) is 11.5 Å². The Morgan fingerprint density at radius 1 is 1.06 bits per heavy atom. The Kier molecular flexibility index (Phi) is 8.50. The summed E-state index contributed by atoms with van der Waals surface area (Å²) in [7, 11) is 0. The summed E-state index contributed by atoms with van der Waals surface area (Å²) < 4.78 is 12.4. The number of halogens is 2. The first kappa shape index (κ1) is 22.8. The molecule has 0 spiro atoms. The summed E-state index contributed by atoms with van der Waals surface area (Å²) in [6.07, 6.45) is 1.83. The van der Waals surface area contributed by atoms with Crippen LogP contribution in [0.5, 0.6) is 11.5 Å². The fourth-order valence-electron chi connectivity index (χ4n) is 2.80. The van der Waals surface area contributed by atoms with Gasteiger partial charge in [-0.15, -0.1) is 0 Å². The fourth-order valence-corrected chi connectivity index (χ4v) is 3.41. The molecule has 1 amide bonds. The molecular weight excluding hydrogens is 480 g/mol. The van der Waals surface area contributed by atoms with Crippen molar-refractivity contribution < 1.29 is 14.3 Å². The van der Waals surface area contributed by atoms with Gasteiger partial charge in [0.05, 0.1) is 19.2 Å². The number of carbonyl (C=O) groups excluding carboxylic acids is 1. The number of carbonyl (C=O) groups is 1. The van der Waals surface area contributed by atoms with Gasteiger partial charge in [0.1, 0.15) is 6.61 Å². The molecule has 3 aromatic carbocycles. The highest BCUT2D eigenvalue weighted by atomic mass is 79.9. The first-order valence-electron chi connectivity index (χ1n) is 9.75. The average Bonchev–Trinajstić information content (AvgIpc) is 2.76. The maximum Gasteiger partial charge on any atom is 0.244 e. The minimum absolute atomic E-state index is 0.191. The number of amides is 1. The highest BCUT2D eigenvalue weighted by molar-refractivity contribution is 9.10. The van der Waals surface area contributed by atoms with E-state index < -0.39 is 0 Å². The molecule has 0 saturated heterocycles. The third kappa shape index (κ3) is 6.84. The molecule has 0 unspecified atom stereocenters. The number of hydrogen-bond donors (Lipinski definition) is 1. The van der Waals surface area contributed by atoms with Crippen molar-refractivity contribution in [1.29, 1.82) is 0 Å². The number of rotatable bonds is 9. The van der Waals surface area contributed by atoms with E-state index in [1.165, 1.54) is 0 Å². The van der Waals surface area contributed by atoms with E-state index in [9.17, 15) is 4.79 Å². The quantitative estimate of drug-likeness (QED) is 0.299. The lowest BCUT2D eigenvalue weighted by Crippen LogP contribution is -2.19. The van der Waals surface area contributed by atoms with Gasteiger partial charge in [-0.25, -0.2) is 5.43 Å². The lowest BCUT2D eigenvalue weighted by molar-refractivity contribution is -0.120. The van der Waals surface area contributed by atoms with Crippen LogP contribution in [0.3, 0.4) is 0 Å². The Balaban J connectivity index is 1.68. The second-order valence-electron chi connectivity index (χ2n) is 6.59. The van der Waals surface area contributed by atoms with Gasteiger partial charge in [0.2, 0.25) is 5.91 Å². The van der Waals surface area contributed by atoms with Crippen LogP contribution in [0.1, 0.15) is 23.6 Å². The van der Waals surface area contributed by atoms with Crippen LogP contribution in [-0.4, -0.2) is 18.7 Å². The van der Waals surface area contributed by atoms with Gasteiger partial charge in [-0.05, 0) is 46.6 Å². The van der Waals surface area contributed by atoms with Crippen LogP contribution in [0, 0.1) is 0 Å². The summed E-state index contributed by atoms with van der Waals surface area (Å²) in [6, 6.07) is 20.7. The van der Waals surface area contributed by atoms with Crippen molar-refractivity contribution >= 4 is 39.7 Å². The van der Waals surface area contributed by atoms with Crippen LogP contribution in [0.15, 0.2) is 76.3 Å². The summed E-state index contributed by atoms with van der Waals surface area (Å²) >= 11 is 9.74. The maximum absolute atomic E-state index is 12.1. The fraction of sp³-hybridized carbons (Fsp3) is 0.167. The third-order valence-electron chi connectivity index (χ3n) is 4.30. The molecule has 0 saturated carbocycles. The molecule has 3 rings (SSSR count). The van der Waals surface area contributed by atoms with Crippen molar-refractivity contribution in [3.8, 4) is 11.5 Å². The van der Waals surface area contributed by atoms with E-state index in [2.05, 4.69) is 26.5 Å². The lowest BCUT2D eigenvalue weighted by atomic mass is 10.1. The Morgan fingerprint density at radius 2 is 1.77 bits per heavy atom. The van der Waals surface area contributed by atoms with Gasteiger partial charge < -0.3 is 9.47 Å². The Bertz CT molecular complexity index is 1060. The van der Waals surface area contributed by atoms with Gasteiger partial charge >= 0.3 is 0 Å². The van der Waals surface area contributed by atoms with E-state index in [0.29, 0.717) is 29.7 Å². The highest BCUT2D eigenvalue weighted by Crippen LogP contribution is 2.34. The number of hydrogen-bond acceptors (Lipinski definition) is 4. The van der Waals surface area contributed by atoms with E-state index in [4.69, 9.17) is 21.1 Å². The van der Waals surface area contributed by atoms with Crippen LogP contribution in [0.2, 0.25) is 5.02 Å². The van der Waals surface area contributed by atoms with Crippen molar-refractivity contribution in [1.82, 2.24) is 5.43 Å². The molecule has 0 bridgehead atoms. The highest BCUT2D eigenvalue weighted by Gasteiger charge is 2.11. The minimum atomic E-state index is -0.191. The van der Waals surface area contributed by atoms with E-state index in [-0.39, 0.29) is 12.3 Å². The molecule has 0 aliphatic carbocycles. The number of ether oxygens (including phenoxy) is 2. The topological polar surface area (TPSA) is 59.9 Å². The zero-order chi connectivity index (χ0) is 22.1. The summed E-state index contributed by atoms with van der Waals surface area (Å²) in [6.45, 7) is 2.70. The SMILES string of the molecule is CCOc1cc(/C=N/NC(=O)Cc2ccccc2)c(Br)cc1OCc1ccccc1Cl. The maximum atomic E-state index is 12.1. The monoisotopic (exact) mass is 500 g/mol. The molecule has 0 heterocycles. The second kappa shape index (κ2) is 11.5. The molecule has 160 valence electrons. The normalized spacial score (nSPS) is 10.8. The van der Waals surface area contributed by atoms with Crippen LogP contribution >= 0.6 is 27.5 Å². The standard InChI is InChI=1S/C24H22BrClN2O3/c1-2-30-22-13-19(15-27-28-24(29)12-17-8-4-3-5-9-17)20(25)14-23(22)31-16-18-10-6-7-11-21(18)26/h3-11,13-15H,2,12,16H2,1H3,(H,28,29)/b27-15+. The molecule has 7 heteroatoms. The summed E-state index contributed by atoms with van der Waals surface area (Å²) in [5.41, 5.74) is 5.10. The first-order valence-corrected chi connectivity index (χ1v) is 10.9. The molecule has 0 atom stereocenters. The predicted octanol–water partition coefficient (Wildman–Crippen LogP) is 5.77. The summed E-state index contributed by atoms with van der Waals surface area (Å²) in [4.78, 5) is 12.1. The Hall–Kier alpha value is -2.83. The van der Waals surface area contributed by atoms with Crippen molar-refractivity contribution in [2.24, 2.45) is 5.10 Å². The van der Waals surface area contributed by atoms with E-state index in [1.54, 1.807) is 6.21 Å². The van der Waals surface area contributed by atoms with Crippen molar-refractivity contribution in [3.05, 3.63) is 92.9 Å². The Morgan fingerprint density at radius 3 is 2.52 bits per heavy atom. The molecule has 31 heavy (non-hydrogen) atoms. The van der Waals surface area contributed by atoms with E-state index in [0.717, 1.165) is 21.2 Å². The van der Waals surface area contributed by atoms with Gasteiger partial charge in [-0.3, -0.25) is 4.79 Å². The van der Waals surface area contributed by atoms with Crippen LogP contribution < -0.4 is 14.9 Å². The van der Waals surface area contributed by atoms with Crippen LogP contribution in [-0.2, 0) is 17.8 Å². The van der Waals surface area contributed by atoms with Crippen molar-refractivity contribution in [3.63, 3.8) is 0 Å². The number of nitrogens with one attached hydrogen (secondary N) is 1. The van der Waals surface area contributed by atoms with Gasteiger partial charge in [-0.1, -0.05) is 60.1 Å². The second-order valence-corrected chi connectivity index (χ2v) is 7.85. The smallest absolute Gasteiger partial charge is 0.244 e. The number of nitrogens with zero attached hydrogens (tertiary/aromatic N) is 1. The number of hydrazone groups is 1. The average molecular weight is 502 g/mol. The molecule has 0 aliphatic rings. The summed E-state index contributed by atoms with van der Waals surface area (Å²) in [5.74, 6) is 0.969. The van der Waals surface area contributed by atoms with Crippen molar-refractivity contribution in [2.75, 3.05) is 6.61 Å². The lowest BCUT2D eigenvalue weighted by Gasteiger charge is -2.14. The van der Waals surface area contributed by atoms with Gasteiger partial charge in [-0.2, -0.15) is 5.10 Å². The third-order valence-corrected chi connectivity index (χ3v) is 5.36. The van der Waals surface area contributed by atoms with E-state index >= 15 is 0 Å². The van der Waals surface area contributed by atoms with Crippen LogP contribution in [0.4, 0.5) is 0 Å². The zero-order valence-corrected chi connectivity index (χ0v) is 19.3. The molecule has 1 N–H and O–H groups in total. The predicted molar refractivity (Wildman–Crippen MR) is 127 cm³/mol. The molecule has 0 aromatic heterocycles. The van der Waals surface area contributed by atoms with Crippen molar-refractivity contribution in [2.45, 2.75) is 20.0 Å². The molecule has 0 radical (unpaired) electrons. The first-order chi connectivity index (χ1) is 15.1.